The summed E-state index contributed by atoms with van der Waals surface area (Å²) in [5, 5.41) is 7.56. The van der Waals surface area contributed by atoms with Crippen molar-refractivity contribution in [3.63, 3.8) is 0 Å². The number of likely N-dealkylation sites (tertiary alicyclic amines) is 1. The summed E-state index contributed by atoms with van der Waals surface area (Å²) < 4.78 is 46.9. The molecular weight excluding hydrogens is 333 g/mol. The third kappa shape index (κ3) is 3.38. The molecule has 140 valence electrons. The van der Waals surface area contributed by atoms with E-state index >= 15 is 0 Å². The van der Waals surface area contributed by atoms with E-state index in [-0.39, 0.29) is 18.5 Å². The molecule has 2 fully saturated rings. The zero-order chi connectivity index (χ0) is 17.6. The molecule has 0 aliphatic carbocycles. The minimum atomic E-state index is -4.27. The van der Waals surface area contributed by atoms with Crippen molar-refractivity contribution in [1.29, 1.82) is 0 Å². The van der Waals surface area contributed by atoms with Crippen LogP contribution >= 0.6 is 0 Å². The van der Waals surface area contributed by atoms with Gasteiger partial charge in [0.05, 0.1) is 18.3 Å². The number of nitrogens with one attached hydrogen (secondary N) is 1. The maximum Gasteiger partial charge on any atom is 0.410 e. The normalized spacial score (nSPS) is 33.4. The van der Waals surface area contributed by atoms with Gasteiger partial charge >= 0.3 is 6.18 Å². The maximum atomic E-state index is 13.4. The lowest BCUT2D eigenvalue weighted by atomic mass is 10.1. The van der Waals surface area contributed by atoms with Crippen molar-refractivity contribution in [2.45, 2.75) is 56.9 Å². The summed E-state index contributed by atoms with van der Waals surface area (Å²) in [5.41, 5.74) is 0.766. The molecule has 8 heteroatoms. The lowest BCUT2D eigenvalue weighted by molar-refractivity contribution is -0.173. The fourth-order valence-electron chi connectivity index (χ4n) is 4.38. The molecule has 0 spiro atoms. The van der Waals surface area contributed by atoms with Gasteiger partial charge in [0, 0.05) is 25.3 Å². The van der Waals surface area contributed by atoms with Gasteiger partial charge in [0.2, 0.25) is 0 Å². The van der Waals surface area contributed by atoms with Gasteiger partial charge in [-0.1, -0.05) is 0 Å². The van der Waals surface area contributed by atoms with E-state index in [9.17, 15) is 13.2 Å². The Kier molecular flexibility index (Phi) is 4.43. The SMILES string of the molecule is C[C@@H]1C[C@H](C(F)(F)F)n2nc([C@@H]3CCCN3C[C@H]3CCOC3)cc2N1. The van der Waals surface area contributed by atoms with Gasteiger partial charge in [-0.3, -0.25) is 4.90 Å². The second-order valence-electron chi connectivity index (χ2n) is 7.62. The Morgan fingerprint density at radius 2 is 2.20 bits per heavy atom. The summed E-state index contributed by atoms with van der Waals surface area (Å²) in [6.07, 6.45) is -1.17. The van der Waals surface area contributed by atoms with Crippen molar-refractivity contribution in [2.24, 2.45) is 5.92 Å². The zero-order valence-electron chi connectivity index (χ0n) is 14.4. The summed E-state index contributed by atoms with van der Waals surface area (Å²) in [6.45, 7) is 5.32. The lowest BCUT2D eigenvalue weighted by Gasteiger charge is -2.31. The minimum Gasteiger partial charge on any atom is -0.381 e. The number of rotatable bonds is 3. The third-order valence-electron chi connectivity index (χ3n) is 5.62. The van der Waals surface area contributed by atoms with Crippen LogP contribution in [0.1, 0.15) is 50.4 Å². The standard InChI is InChI=1S/C17H25F3N4O/c1-11-7-15(17(18,19)20)24-16(21-11)8-13(22-24)14-3-2-5-23(14)9-12-4-6-25-10-12/h8,11-12,14-15,21H,2-7,9-10H2,1H3/t11-,12-,14+,15-/m1/s1. The van der Waals surface area contributed by atoms with E-state index in [1.54, 1.807) is 6.92 Å². The predicted octanol–water partition coefficient (Wildman–Crippen LogP) is 3.36. The summed E-state index contributed by atoms with van der Waals surface area (Å²) in [5.74, 6) is 1.02. The highest BCUT2D eigenvalue weighted by atomic mass is 19.4. The molecular formula is C17H25F3N4O. The van der Waals surface area contributed by atoms with Crippen molar-refractivity contribution in [2.75, 3.05) is 31.6 Å². The van der Waals surface area contributed by atoms with Crippen molar-refractivity contribution in [3.05, 3.63) is 11.8 Å². The first-order valence-electron chi connectivity index (χ1n) is 9.16. The van der Waals surface area contributed by atoms with Gasteiger partial charge in [0.1, 0.15) is 5.82 Å². The van der Waals surface area contributed by atoms with Crippen LogP contribution in [-0.4, -0.2) is 53.2 Å². The van der Waals surface area contributed by atoms with Gasteiger partial charge in [0.25, 0.3) is 0 Å². The molecule has 0 amide bonds. The zero-order valence-corrected chi connectivity index (χ0v) is 14.4. The topological polar surface area (TPSA) is 42.3 Å². The van der Waals surface area contributed by atoms with E-state index in [1.807, 2.05) is 6.07 Å². The monoisotopic (exact) mass is 358 g/mol. The van der Waals surface area contributed by atoms with E-state index in [0.29, 0.717) is 11.7 Å². The average Bonchev–Trinajstić information content (AvgIpc) is 3.25. The molecule has 2 saturated heterocycles. The van der Waals surface area contributed by atoms with Gasteiger partial charge < -0.3 is 10.1 Å². The first-order valence-corrected chi connectivity index (χ1v) is 9.16. The van der Waals surface area contributed by atoms with Crippen molar-refractivity contribution in [3.8, 4) is 0 Å². The lowest BCUT2D eigenvalue weighted by Crippen LogP contribution is -2.38. The quantitative estimate of drug-likeness (QED) is 0.900. The molecule has 0 saturated carbocycles. The number of nitrogens with zero attached hydrogens (tertiary/aromatic N) is 3. The van der Waals surface area contributed by atoms with E-state index in [2.05, 4.69) is 15.3 Å². The first-order chi connectivity index (χ1) is 11.9. The molecule has 5 nitrogen and oxygen atoms in total. The molecule has 1 aromatic heterocycles. The van der Waals surface area contributed by atoms with Gasteiger partial charge in [-0.05, 0) is 45.1 Å². The Bertz CT molecular complexity index is 612. The highest BCUT2D eigenvalue weighted by Crippen LogP contribution is 2.41. The first kappa shape index (κ1) is 17.1. The summed E-state index contributed by atoms with van der Waals surface area (Å²) in [4.78, 5) is 2.37. The van der Waals surface area contributed by atoms with Crippen LogP contribution in [0.15, 0.2) is 6.07 Å². The number of hydrogen-bond acceptors (Lipinski definition) is 4. The average molecular weight is 358 g/mol. The molecule has 4 rings (SSSR count). The fraction of sp³-hybridized carbons (Fsp3) is 0.824. The predicted molar refractivity (Wildman–Crippen MR) is 87.5 cm³/mol. The molecule has 0 unspecified atom stereocenters. The van der Waals surface area contributed by atoms with Crippen LogP contribution in [0.2, 0.25) is 0 Å². The van der Waals surface area contributed by atoms with Gasteiger partial charge in [-0.25, -0.2) is 4.68 Å². The highest BCUT2D eigenvalue weighted by Gasteiger charge is 2.46. The number of halogens is 3. The van der Waals surface area contributed by atoms with Gasteiger partial charge in [-0.15, -0.1) is 0 Å². The Morgan fingerprint density at radius 1 is 1.36 bits per heavy atom. The van der Waals surface area contributed by atoms with Crippen molar-refractivity contribution < 1.29 is 17.9 Å². The van der Waals surface area contributed by atoms with Crippen LogP contribution < -0.4 is 5.32 Å². The Morgan fingerprint density at radius 3 is 2.92 bits per heavy atom. The number of hydrogen-bond donors (Lipinski definition) is 1. The smallest absolute Gasteiger partial charge is 0.381 e. The summed E-state index contributed by atoms with van der Waals surface area (Å²) in [6, 6.07) is 0.192. The molecule has 1 aromatic rings. The molecule has 4 atom stereocenters. The Labute approximate surface area is 145 Å². The molecule has 3 aliphatic rings. The Hall–Kier alpha value is -1.28. The number of alkyl halides is 3. The van der Waals surface area contributed by atoms with Crippen LogP contribution in [0, 0.1) is 5.92 Å². The van der Waals surface area contributed by atoms with Crippen LogP contribution in [0.4, 0.5) is 19.0 Å². The number of ether oxygens (including phenoxy) is 1. The van der Waals surface area contributed by atoms with Crippen LogP contribution in [0.5, 0.6) is 0 Å². The number of aromatic nitrogens is 2. The Balaban J connectivity index is 1.56. The van der Waals surface area contributed by atoms with Gasteiger partial charge in [0.15, 0.2) is 6.04 Å². The second kappa shape index (κ2) is 6.46. The number of fused-ring (bicyclic) bond motifs is 1. The molecule has 3 aliphatic heterocycles. The second-order valence-corrected chi connectivity index (χ2v) is 7.62. The summed E-state index contributed by atoms with van der Waals surface area (Å²) >= 11 is 0. The van der Waals surface area contributed by atoms with Crippen LogP contribution in [0.25, 0.3) is 0 Å². The van der Waals surface area contributed by atoms with Gasteiger partial charge in [-0.2, -0.15) is 18.3 Å². The minimum absolute atomic E-state index is 0.0193. The number of anilines is 1. The maximum absolute atomic E-state index is 13.4. The van der Waals surface area contributed by atoms with E-state index in [0.717, 1.165) is 55.9 Å². The molecule has 1 N–H and O–H groups in total. The molecule has 4 heterocycles. The summed E-state index contributed by atoms with van der Waals surface area (Å²) in [7, 11) is 0. The van der Waals surface area contributed by atoms with E-state index in [1.165, 1.54) is 0 Å². The molecule has 25 heavy (non-hydrogen) atoms. The van der Waals surface area contributed by atoms with E-state index in [4.69, 9.17) is 4.74 Å². The van der Waals surface area contributed by atoms with Crippen molar-refractivity contribution in [1.82, 2.24) is 14.7 Å². The highest BCUT2D eigenvalue weighted by molar-refractivity contribution is 5.41. The third-order valence-corrected chi connectivity index (χ3v) is 5.62. The van der Waals surface area contributed by atoms with Crippen LogP contribution in [0.3, 0.4) is 0 Å². The van der Waals surface area contributed by atoms with E-state index < -0.39 is 12.2 Å². The molecule has 0 bridgehead atoms. The molecule has 0 radical (unpaired) electrons. The molecule has 0 aromatic carbocycles. The largest absolute Gasteiger partial charge is 0.410 e. The van der Waals surface area contributed by atoms with Crippen LogP contribution in [-0.2, 0) is 4.74 Å². The van der Waals surface area contributed by atoms with Crippen molar-refractivity contribution >= 4 is 5.82 Å². The fourth-order valence-corrected chi connectivity index (χ4v) is 4.38.